The molecule has 1 amide bonds. The van der Waals surface area contributed by atoms with Crippen molar-refractivity contribution >= 4 is 17.5 Å². The van der Waals surface area contributed by atoms with Crippen LogP contribution in [0.15, 0.2) is 18.3 Å². The van der Waals surface area contributed by atoms with E-state index in [1.807, 2.05) is 0 Å². The molecule has 1 aromatic heterocycles. The molecule has 1 fully saturated rings. The van der Waals surface area contributed by atoms with E-state index in [0.717, 1.165) is 25.7 Å². The molecular weight excluding hydrogens is 240 g/mol. The summed E-state index contributed by atoms with van der Waals surface area (Å²) in [4.78, 5) is 15.8. The second kappa shape index (κ2) is 5.02. The van der Waals surface area contributed by atoms with E-state index >= 15 is 0 Å². The van der Waals surface area contributed by atoms with E-state index in [9.17, 15) is 9.90 Å². The minimum absolute atomic E-state index is 0.0141. The van der Waals surface area contributed by atoms with Gasteiger partial charge in [-0.15, -0.1) is 0 Å². The summed E-state index contributed by atoms with van der Waals surface area (Å²) in [6, 6.07) is 3.21. The highest BCUT2D eigenvalue weighted by Gasteiger charge is 2.34. The lowest BCUT2D eigenvalue weighted by Gasteiger charge is -2.27. The van der Waals surface area contributed by atoms with Crippen molar-refractivity contribution in [1.82, 2.24) is 10.3 Å². The Morgan fingerprint density at radius 2 is 2.18 bits per heavy atom. The molecule has 4 nitrogen and oxygen atoms in total. The second-order valence-electron chi connectivity index (χ2n) is 4.47. The van der Waals surface area contributed by atoms with E-state index in [0.29, 0.717) is 10.7 Å². The van der Waals surface area contributed by atoms with Gasteiger partial charge in [-0.3, -0.25) is 4.79 Å². The summed E-state index contributed by atoms with van der Waals surface area (Å²) >= 11 is 5.66. The summed E-state index contributed by atoms with van der Waals surface area (Å²) in [6.45, 7) is -0.0141. The van der Waals surface area contributed by atoms with Crippen molar-refractivity contribution in [1.29, 1.82) is 0 Å². The molecule has 1 aromatic rings. The molecule has 1 aliphatic carbocycles. The molecule has 0 aliphatic heterocycles. The standard InChI is InChI=1S/C12H15ClN2O2/c13-10-4-3-9(7-14-10)11(17)15-12(8-16)5-1-2-6-12/h3-4,7,16H,1-2,5-6,8H2,(H,15,17). The molecule has 0 bridgehead atoms. The number of rotatable bonds is 3. The first-order chi connectivity index (χ1) is 8.15. The van der Waals surface area contributed by atoms with E-state index < -0.39 is 5.54 Å². The summed E-state index contributed by atoms with van der Waals surface area (Å²) in [5.41, 5.74) is 0.0191. The number of carbonyl (C=O) groups is 1. The SMILES string of the molecule is O=C(NC1(CO)CCCC1)c1ccc(Cl)nc1. The Bertz CT molecular complexity index is 399. The topological polar surface area (TPSA) is 62.2 Å². The minimum Gasteiger partial charge on any atom is -0.394 e. The number of aliphatic hydroxyl groups excluding tert-OH is 1. The Balaban J connectivity index is 2.08. The number of amides is 1. The van der Waals surface area contributed by atoms with Gasteiger partial charge in [0.25, 0.3) is 5.91 Å². The van der Waals surface area contributed by atoms with Crippen molar-refractivity contribution in [2.75, 3.05) is 6.61 Å². The fourth-order valence-electron chi connectivity index (χ4n) is 2.20. The van der Waals surface area contributed by atoms with Gasteiger partial charge in [-0.25, -0.2) is 4.98 Å². The molecule has 0 radical (unpaired) electrons. The third-order valence-electron chi connectivity index (χ3n) is 3.23. The third-order valence-corrected chi connectivity index (χ3v) is 3.46. The van der Waals surface area contributed by atoms with Crippen molar-refractivity contribution in [3.8, 4) is 0 Å². The van der Waals surface area contributed by atoms with Crippen molar-refractivity contribution in [3.05, 3.63) is 29.0 Å². The van der Waals surface area contributed by atoms with Gasteiger partial charge in [0.1, 0.15) is 5.15 Å². The molecule has 0 atom stereocenters. The summed E-state index contributed by atoms with van der Waals surface area (Å²) < 4.78 is 0. The van der Waals surface area contributed by atoms with Crippen LogP contribution in [0.4, 0.5) is 0 Å². The van der Waals surface area contributed by atoms with Gasteiger partial charge >= 0.3 is 0 Å². The van der Waals surface area contributed by atoms with Crippen LogP contribution in [0.1, 0.15) is 36.0 Å². The van der Waals surface area contributed by atoms with E-state index in [2.05, 4.69) is 10.3 Å². The van der Waals surface area contributed by atoms with Crippen LogP contribution in [0.2, 0.25) is 5.15 Å². The Kier molecular flexibility index (Phi) is 3.64. The van der Waals surface area contributed by atoms with Gasteiger partial charge < -0.3 is 10.4 Å². The van der Waals surface area contributed by atoms with Crippen LogP contribution in [-0.4, -0.2) is 28.1 Å². The number of aliphatic hydroxyl groups is 1. The summed E-state index contributed by atoms with van der Waals surface area (Å²) in [5.74, 6) is -0.204. The molecular formula is C12H15ClN2O2. The molecule has 0 spiro atoms. The minimum atomic E-state index is -0.448. The maximum atomic E-state index is 12.0. The van der Waals surface area contributed by atoms with E-state index in [1.54, 1.807) is 12.1 Å². The van der Waals surface area contributed by atoms with Crippen molar-refractivity contribution in [2.24, 2.45) is 0 Å². The summed E-state index contributed by atoms with van der Waals surface area (Å²) in [5, 5.41) is 12.7. The lowest BCUT2D eigenvalue weighted by Crippen LogP contribution is -2.49. The summed E-state index contributed by atoms with van der Waals surface area (Å²) in [6.07, 6.45) is 5.18. The first-order valence-corrected chi connectivity index (χ1v) is 6.08. The van der Waals surface area contributed by atoms with E-state index in [1.165, 1.54) is 6.20 Å². The molecule has 0 aromatic carbocycles. The van der Waals surface area contributed by atoms with Crippen LogP contribution in [0.3, 0.4) is 0 Å². The lowest BCUT2D eigenvalue weighted by atomic mass is 9.98. The van der Waals surface area contributed by atoms with Crippen LogP contribution in [0, 0.1) is 0 Å². The molecule has 1 aliphatic rings. The average Bonchev–Trinajstić information content (AvgIpc) is 2.79. The van der Waals surface area contributed by atoms with Crippen LogP contribution in [0.5, 0.6) is 0 Å². The van der Waals surface area contributed by atoms with E-state index in [4.69, 9.17) is 11.6 Å². The smallest absolute Gasteiger partial charge is 0.253 e. The Morgan fingerprint density at radius 3 is 2.71 bits per heavy atom. The Hall–Kier alpha value is -1.13. The zero-order chi connectivity index (χ0) is 12.3. The van der Waals surface area contributed by atoms with Gasteiger partial charge in [-0.05, 0) is 25.0 Å². The first-order valence-electron chi connectivity index (χ1n) is 5.70. The molecule has 0 unspecified atom stereocenters. The fourth-order valence-corrected chi connectivity index (χ4v) is 2.31. The molecule has 1 saturated carbocycles. The van der Waals surface area contributed by atoms with Crippen molar-refractivity contribution in [2.45, 2.75) is 31.2 Å². The third kappa shape index (κ3) is 2.76. The van der Waals surface area contributed by atoms with Crippen LogP contribution in [0.25, 0.3) is 0 Å². The number of halogens is 1. The van der Waals surface area contributed by atoms with Gasteiger partial charge in [0.05, 0.1) is 17.7 Å². The maximum absolute atomic E-state index is 12.0. The van der Waals surface area contributed by atoms with Gasteiger partial charge in [0.2, 0.25) is 0 Å². The van der Waals surface area contributed by atoms with E-state index in [-0.39, 0.29) is 12.5 Å². The molecule has 17 heavy (non-hydrogen) atoms. The van der Waals surface area contributed by atoms with Crippen molar-refractivity contribution in [3.63, 3.8) is 0 Å². The number of hydrogen-bond acceptors (Lipinski definition) is 3. The summed E-state index contributed by atoms with van der Waals surface area (Å²) in [7, 11) is 0. The maximum Gasteiger partial charge on any atom is 0.253 e. The molecule has 5 heteroatoms. The predicted molar refractivity (Wildman–Crippen MR) is 65.0 cm³/mol. The molecule has 1 heterocycles. The van der Waals surface area contributed by atoms with Crippen LogP contribution >= 0.6 is 11.6 Å². The highest BCUT2D eigenvalue weighted by atomic mass is 35.5. The monoisotopic (exact) mass is 254 g/mol. The highest BCUT2D eigenvalue weighted by Crippen LogP contribution is 2.29. The van der Waals surface area contributed by atoms with Gasteiger partial charge in [-0.1, -0.05) is 24.4 Å². The normalized spacial score (nSPS) is 18.0. The van der Waals surface area contributed by atoms with Gasteiger partial charge in [0.15, 0.2) is 0 Å². The zero-order valence-corrected chi connectivity index (χ0v) is 10.2. The van der Waals surface area contributed by atoms with Crippen LogP contribution in [-0.2, 0) is 0 Å². The molecule has 0 saturated heterocycles. The van der Waals surface area contributed by atoms with Gasteiger partial charge in [-0.2, -0.15) is 0 Å². The number of nitrogens with zero attached hydrogens (tertiary/aromatic N) is 1. The molecule has 2 N–H and O–H groups in total. The number of carbonyl (C=O) groups excluding carboxylic acids is 1. The first kappa shape index (κ1) is 12.3. The lowest BCUT2D eigenvalue weighted by molar-refractivity contribution is 0.0838. The molecule has 2 rings (SSSR count). The highest BCUT2D eigenvalue weighted by molar-refractivity contribution is 6.29. The Labute approximate surface area is 105 Å². The largest absolute Gasteiger partial charge is 0.394 e. The number of pyridine rings is 1. The quantitative estimate of drug-likeness (QED) is 0.808. The predicted octanol–water partition coefficient (Wildman–Crippen LogP) is 1.77. The van der Waals surface area contributed by atoms with Crippen molar-refractivity contribution < 1.29 is 9.90 Å². The van der Waals surface area contributed by atoms with Crippen LogP contribution < -0.4 is 5.32 Å². The number of aromatic nitrogens is 1. The Morgan fingerprint density at radius 1 is 1.47 bits per heavy atom. The second-order valence-corrected chi connectivity index (χ2v) is 4.86. The fraction of sp³-hybridized carbons (Fsp3) is 0.500. The average molecular weight is 255 g/mol. The number of hydrogen-bond donors (Lipinski definition) is 2. The van der Waals surface area contributed by atoms with Gasteiger partial charge in [0, 0.05) is 6.20 Å². The number of nitrogens with one attached hydrogen (secondary N) is 1. The zero-order valence-electron chi connectivity index (χ0n) is 9.45. The molecule has 92 valence electrons.